The topological polar surface area (TPSA) is 49.8 Å². The zero-order chi connectivity index (χ0) is 14.3. The van der Waals surface area contributed by atoms with Crippen molar-refractivity contribution in [2.75, 3.05) is 31.7 Å². The number of nitrogens with zero attached hydrogens (tertiary/aromatic N) is 1. The summed E-state index contributed by atoms with van der Waals surface area (Å²) in [5, 5.41) is 8.52. The number of carboxylic acid groups (broad SMARTS) is 1. The number of rotatable bonds is 7. The van der Waals surface area contributed by atoms with Gasteiger partial charge in [-0.15, -0.1) is 0 Å². The monoisotopic (exact) mass is 267 g/mol. The Kier molecular flexibility index (Phi) is 6.02. The molecule has 0 aliphatic heterocycles. The molecule has 0 amide bonds. The normalized spacial score (nSPS) is 10.9. The molecule has 0 atom stereocenters. The van der Waals surface area contributed by atoms with E-state index >= 15 is 0 Å². The minimum absolute atomic E-state index is 0.370. The molecule has 1 N–H and O–H groups in total. The van der Waals surface area contributed by atoms with Crippen LogP contribution in [-0.2, 0) is 9.53 Å². The maximum Gasteiger partial charge on any atom is 0.328 e. The average molecular weight is 267 g/mol. The zero-order valence-corrected chi connectivity index (χ0v) is 11.1. The number of aliphatic carboxylic acids is 1. The minimum Gasteiger partial charge on any atom is -0.478 e. The van der Waals surface area contributed by atoms with Crippen LogP contribution in [0.2, 0.25) is 0 Å². The van der Waals surface area contributed by atoms with Crippen LogP contribution < -0.4 is 4.90 Å². The van der Waals surface area contributed by atoms with Gasteiger partial charge in [-0.3, -0.25) is 0 Å². The molecule has 0 unspecified atom stereocenters. The first-order chi connectivity index (χ1) is 9.08. The number of benzene rings is 1. The number of halogens is 1. The number of hydrogen-bond donors (Lipinski definition) is 1. The van der Waals surface area contributed by atoms with Crippen molar-refractivity contribution in [2.24, 2.45) is 0 Å². The Morgan fingerprint density at radius 3 is 2.79 bits per heavy atom. The molecule has 4 nitrogen and oxygen atoms in total. The summed E-state index contributed by atoms with van der Waals surface area (Å²) in [6.07, 6.45) is 2.34. The molecule has 0 fully saturated rings. The second-order valence-electron chi connectivity index (χ2n) is 3.95. The highest BCUT2D eigenvalue weighted by molar-refractivity contribution is 5.85. The summed E-state index contributed by atoms with van der Waals surface area (Å²) in [5.74, 6) is -1.43. The van der Waals surface area contributed by atoms with Gasteiger partial charge in [0.2, 0.25) is 0 Å². The van der Waals surface area contributed by atoms with Gasteiger partial charge in [-0.05, 0) is 30.7 Å². The van der Waals surface area contributed by atoms with Gasteiger partial charge < -0.3 is 14.7 Å². The van der Waals surface area contributed by atoms with E-state index in [2.05, 4.69) is 0 Å². The van der Waals surface area contributed by atoms with Gasteiger partial charge in [0.25, 0.3) is 0 Å². The van der Waals surface area contributed by atoms with E-state index in [4.69, 9.17) is 9.84 Å². The summed E-state index contributed by atoms with van der Waals surface area (Å²) in [6.45, 7) is 3.74. The lowest BCUT2D eigenvalue weighted by Crippen LogP contribution is -2.27. The highest BCUT2D eigenvalue weighted by atomic mass is 19.1. The number of carbonyl (C=O) groups is 1. The number of ether oxygens (including phenoxy) is 1. The van der Waals surface area contributed by atoms with Gasteiger partial charge in [0, 0.05) is 26.3 Å². The SMILES string of the molecule is CCN(CCOC)c1ccc(/C=C/C(=O)O)cc1F. The molecule has 0 radical (unpaired) electrons. The molecule has 0 bridgehead atoms. The number of methoxy groups -OCH3 is 1. The van der Waals surface area contributed by atoms with Gasteiger partial charge >= 0.3 is 5.97 Å². The molecular weight excluding hydrogens is 249 g/mol. The first-order valence-electron chi connectivity index (χ1n) is 6.03. The van der Waals surface area contributed by atoms with Gasteiger partial charge in [-0.2, -0.15) is 0 Å². The van der Waals surface area contributed by atoms with Crippen LogP contribution in [0.1, 0.15) is 12.5 Å². The Hall–Kier alpha value is -1.88. The van der Waals surface area contributed by atoms with Crippen molar-refractivity contribution < 1.29 is 19.0 Å². The Morgan fingerprint density at radius 1 is 1.53 bits per heavy atom. The summed E-state index contributed by atoms with van der Waals surface area (Å²) in [4.78, 5) is 12.3. The predicted molar refractivity (Wildman–Crippen MR) is 72.8 cm³/mol. The van der Waals surface area contributed by atoms with Gasteiger partial charge in [-0.1, -0.05) is 6.07 Å². The van der Waals surface area contributed by atoms with E-state index in [1.807, 2.05) is 11.8 Å². The van der Waals surface area contributed by atoms with Gasteiger partial charge in [-0.25, -0.2) is 9.18 Å². The molecule has 19 heavy (non-hydrogen) atoms. The molecule has 104 valence electrons. The van der Waals surface area contributed by atoms with Crippen molar-refractivity contribution in [3.8, 4) is 0 Å². The number of likely N-dealkylation sites (N-methyl/N-ethyl adjacent to an activating group) is 1. The lowest BCUT2D eigenvalue weighted by Gasteiger charge is -2.23. The van der Waals surface area contributed by atoms with Crippen LogP contribution in [0, 0.1) is 5.82 Å². The zero-order valence-electron chi connectivity index (χ0n) is 11.1. The van der Waals surface area contributed by atoms with Crippen molar-refractivity contribution in [1.82, 2.24) is 0 Å². The molecule has 0 aromatic heterocycles. The molecule has 1 rings (SSSR count). The van der Waals surface area contributed by atoms with E-state index in [1.165, 1.54) is 12.1 Å². The predicted octanol–water partition coefficient (Wildman–Crippen LogP) is 2.40. The van der Waals surface area contributed by atoms with Crippen LogP contribution in [0.25, 0.3) is 6.08 Å². The second kappa shape index (κ2) is 7.53. The molecule has 1 aromatic carbocycles. The number of hydrogen-bond acceptors (Lipinski definition) is 3. The third kappa shape index (κ3) is 4.71. The molecule has 1 aromatic rings. The van der Waals surface area contributed by atoms with Crippen molar-refractivity contribution in [1.29, 1.82) is 0 Å². The standard InChI is InChI=1S/C14H18FNO3/c1-3-16(8-9-19-2)13-6-4-11(10-12(13)15)5-7-14(17)18/h4-7,10H,3,8-9H2,1-2H3,(H,17,18)/b7-5+. The number of carboxylic acids is 1. The summed E-state index contributed by atoms with van der Waals surface area (Å²) in [6, 6.07) is 4.66. The maximum absolute atomic E-state index is 14.0. The molecule has 0 aliphatic rings. The van der Waals surface area contributed by atoms with E-state index in [0.29, 0.717) is 30.9 Å². The average Bonchev–Trinajstić information content (AvgIpc) is 2.39. The second-order valence-corrected chi connectivity index (χ2v) is 3.95. The molecule has 0 saturated carbocycles. The Morgan fingerprint density at radius 2 is 2.26 bits per heavy atom. The summed E-state index contributed by atoms with van der Waals surface area (Å²) < 4.78 is 19.0. The summed E-state index contributed by atoms with van der Waals surface area (Å²) in [7, 11) is 1.60. The Labute approximate surface area is 112 Å². The highest BCUT2D eigenvalue weighted by Crippen LogP contribution is 2.21. The molecule has 5 heteroatoms. The maximum atomic E-state index is 14.0. The smallest absolute Gasteiger partial charge is 0.328 e. The fourth-order valence-corrected chi connectivity index (χ4v) is 1.70. The first kappa shape index (κ1) is 15.2. The third-order valence-corrected chi connectivity index (χ3v) is 2.68. The Bertz CT molecular complexity index is 460. The fraction of sp³-hybridized carbons (Fsp3) is 0.357. The van der Waals surface area contributed by atoms with Crippen LogP contribution in [0.4, 0.5) is 10.1 Å². The van der Waals surface area contributed by atoms with Gasteiger partial charge in [0.05, 0.1) is 12.3 Å². The van der Waals surface area contributed by atoms with Gasteiger partial charge in [0.15, 0.2) is 0 Å². The third-order valence-electron chi connectivity index (χ3n) is 2.68. The number of anilines is 1. The Balaban J connectivity index is 2.89. The lowest BCUT2D eigenvalue weighted by atomic mass is 10.1. The van der Waals surface area contributed by atoms with Crippen molar-refractivity contribution >= 4 is 17.7 Å². The molecule has 0 heterocycles. The largest absolute Gasteiger partial charge is 0.478 e. The van der Waals surface area contributed by atoms with E-state index < -0.39 is 5.97 Å². The van der Waals surface area contributed by atoms with Crippen LogP contribution in [0.15, 0.2) is 24.3 Å². The van der Waals surface area contributed by atoms with E-state index in [9.17, 15) is 9.18 Å². The molecule has 0 saturated heterocycles. The summed E-state index contributed by atoms with van der Waals surface area (Å²) >= 11 is 0. The quantitative estimate of drug-likeness (QED) is 0.771. The first-order valence-corrected chi connectivity index (χ1v) is 6.03. The van der Waals surface area contributed by atoms with Crippen LogP contribution in [0.3, 0.4) is 0 Å². The van der Waals surface area contributed by atoms with E-state index in [-0.39, 0.29) is 5.82 Å². The van der Waals surface area contributed by atoms with Crippen LogP contribution in [-0.4, -0.2) is 37.9 Å². The highest BCUT2D eigenvalue weighted by Gasteiger charge is 2.09. The van der Waals surface area contributed by atoms with Crippen LogP contribution in [0.5, 0.6) is 0 Å². The van der Waals surface area contributed by atoms with Crippen molar-refractivity contribution in [2.45, 2.75) is 6.92 Å². The van der Waals surface area contributed by atoms with Gasteiger partial charge in [0.1, 0.15) is 5.82 Å². The van der Waals surface area contributed by atoms with E-state index in [1.54, 1.807) is 19.2 Å². The summed E-state index contributed by atoms with van der Waals surface area (Å²) in [5.41, 5.74) is 1.01. The lowest BCUT2D eigenvalue weighted by molar-refractivity contribution is -0.131. The molecule has 0 aliphatic carbocycles. The van der Waals surface area contributed by atoms with Crippen molar-refractivity contribution in [3.05, 3.63) is 35.7 Å². The molecule has 0 spiro atoms. The fourth-order valence-electron chi connectivity index (χ4n) is 1.70. The van der Waals surface area contributed by atoms with Crippen LogP contribution >= 0.6 is 0 Å². The van der Waals surface area contributed by atoms with Crippen molar-refractivity contribution in [3.63, 3.8) is 0 Å². The molecular formula is C14H18FNO3. The van der Waals surface area contributed by atoms with E-state index in [0.717, 1.165) is 6.08 Å². The minimum atomic E-state index is -1.06.